The van der Waals surface area contributed by atoms with E-state index >= 15 is 0 Å². The molecule has 0 aliphatic carbocycles. The minimum Gasteiger partial charge on any atom is -0.392 e. The third-order valence-corrected chi connectivity index (χ3v) is 2.18. The summed E-state index contributed by atoms with van der Waals surface area (Å²) in [7, 11) is 0. The highest BCUT2D eigenvalue weighted by Crippen LogP contribution is 2.20. The monoisotopic (exact) mass is 201 g/mol. The van der Waals surface area contributed by atoms with Crippen molar-refractivity contribution in [1.29, 1.82) is 0 Å². The normalized spacial score (nSPS) is 10.3. The molecule has 2 aromatic carbocycles. The lowest BCUT2D eigenvalue weighted by Crippen LogP contribution is -1.85. The van der Waals surface area contributed by atoms with Crippen molar-refractivity contribution in [1.82, 2.24) is 0 Å². The number of aliphatic hydroxyl groups excluding tert-OH is 1. The van der Waals surface area contributed by atoms with Crippen molar-refractivity contribution in [3.63, 3.8) is 0 Å². The number of aliphatic hydroxyl groups is 1. The van der Waals surface area contributed by atoms with Crippen molar-refractivity contribution < 1.29 is 9.50 Å². The number of rotatable bonds is 2. The Morgan fingerprint density at radius 1 is 1.20 bits per heavy atom. The fraction of sp³-hybridized carbons (Fsp3) is 0.0769. The van der Waals surface area contributed by atoms with Crippen LogP contribution in [-0.4, -0.2) is 5.11 Å². The Labute approximate surface area is 87.8 Å². The molecule has 0 aliphatic rings. The van der Waals surface area contributed by atoms with Gasteiger partial charge >= 0.3 is 0 Å². The quantitative estimate of drug-likeness (QED) is 0.792. The van der Waals surface area contributed by atoms with Gasteiger partial charge in [0.15, 0.2) is 0 Å². The molecule has 0 aliphatic heterocycles. The molecule has 0 bridgehead atoms. The molecule has 75 valence electrons. The molecule has 0 unspecified atom stereocenters. The fourth-order valence-corrected chi connectivity index (χ4v) is 1.43. The van der Waals surface area contributed by atoms with E-state index in [1.807, 2.05) is 6.07 Å². The van der Waals surface area contributed by atoms with E-state index in [1.165, 1.54) is 12.1 Å². The molecule has 0 atom stereocenters. The lowest BCUT2D eigenvalue weighted by molar-refractivity contribution is 0.282. The summed E-state index contributed by atoms with van der Waals surface area (Å²) in [5.74, 6) is -0.268. The second kappa shape index (κ2) is 4.24. The zero-order valence-electron chi connectivity index (χ0n) is 8.07. The van der Waals surface area contributed by atoms with Crippen LogP contribution in [-0.2, 0) is 6.61 Å². The zero-order valence-corrected chi connectivity index (χ0v) is 8.07. The summed E-state index contributed by atoms with van der Waals surface area (Å²) < 4.78 is 13.0. The Bertz CT molecular complexity index is 466. The average Bonchev–Trinajstić information content (AvgIpc) is 2.29. The molecule has 0 spiro atoms. The molecule has 1 radical (unpaired) electrons. The van der Waals surface area contributed by atoms with Crippen LogP contribution in [0.4, 0.5) is 4.39 Å². The van der Waals surface area contributed by atoms with Crippen LogP contribution in [0.3, 0.4) is 0 Å². The summed E-state index contributed by atoms with van der Waals surface area (Å²) in [5.41, 5.74) is 2.36. The molecule has 1 nitrogen and oxygen atoms in total. The van der Waals surface area contributed by atoms with Gasteiger partial charge in [0.05, 0.1) is 6.61 Å². The Hall–Kier alpha value is -1.67. The molecule has 0 aromatic heterocycles. The van der Waals surface area contributed by atoms with Crippen LogP contribution in [0.25, 0.3) is 11.1 Å². The van der Waals surface area contributed by atoms with Gasteiger partial charge in [0, 0.05) is 0 Å². The van der Waals surface area contributed by atoms with Gasteiger partial charge in [-0.05, 0) is 41.0 Å². The highest BCUT2D eigenvalue weighted by molar-refractivity contribution is 5.63. The maximum Gasteiger partial charge on any atom is 0.123 e. The summed E-state index contributed by atoms with van der Waals surface area (Å²) in [6.45, 7) is -0.0169. The van der Waals surface area contributed by atoms with Crippen LogP contribution in [0.15, 0.2) is 42.5 Å². The van der Waals surface area contributed by atoms with Gasteiger partial charge in [0.2, 0.25) is 0 Å². The van der Waals surface area contributed by atoms with Crippen molar-refractivity contribution in [3.8, 4) is 11.1 Å². The molecule has 0 saturated heterocycles. The van der Waals surface area contributed by atoms with Crippen molar-refractivity contribution in [2.24, 2.45) is 0 Å². The van der Waals surface area contributed by atoms with Gasteiger partial charge in [-0.25, -0.2) is 4.39 Å². The number of hydrogen-bond acceptors (Lipinski definition) is 1. The van der Waals surface area contributed by atoms with Crippen LogP contribution in [0.5, 0.6) is 0 Å². The topological polar surface area (TPSA) is 20.2 Å². The molecule has 0 amide bonds. The van der Waals surface area contributed by atoms with E-state index in [-0.39, 0.29) is 12.4 Å². The predicted octanol–water partition coefficient (Wildman–Crippen LogP) is 2.79. The molecule has 2 aromatic rings. The van der Waals surface area contributed by atoms with Gasteiger partial charge in [-0.2, -0.15) is 0 Å². The SMILES string of the molecule is OCc1cc[c]c(-c2cccc(F)c2)c1. The van der Waals surface area contributed by atoms with Crippen LogP contribution < -0.4 is 0 Å². The first-order valence-corrected chi connectivity index (χ1v) is 4.67. The van der Waals surface area contributed by atoms with Crippen molar-refractivity contribution in [2.75, 3.05) is 0 Å². The Morgan fingerprint density at radius 3 is 2.80 bits per heavy atom. The molecule has 2 heteroatoms. The first-order chi connectivity index (χ1) is 7.29. The molecule has 0 heterocycles. The Morgan fingerprint density at radius 2 is 2.07 bits per heavy atom. The van der Waals surface area contributed by atoms with E-state index in [1.54, 1.807) is 24.3 Å². The molecular formula is C13H10FO. The summed E-state index contributed by atoms with van der Waals surface area (Å²) in [4.78, 5) is 0. The molecule has 0 fully saturated rings. The zero-order chi connectivity index (χ0) is 10.7. The van der Waals surface area contributed by atoms with E-state index in [0.29, 0.717) is 0 Å². The number of benzene rings is 2. The maximum atomic E-state index is 13.0. The molecular weight excluding hydrogens is 191 g/mol. The minimum absolute atomic E-state index is 0.0169. The average molecular weight is 201 g/mol. The summed E-state index contributed by atoms with van der Waals surface area (Å²) >= 11 is 0. The smallest absolute Gasteiger partial charge is 0.123 e. The molecule has 15 heavy (non-hydrogen) atoms. The van der Waals surface area contributed by atoms with E-state index in [9.17, 15) is 4.39 Å². The molecule has 2 rings (SSSR count). The molecule has 1 N–H and O–H groups in total. The van der Waals surface area contributed by atoms with Crippen molar-refractivity contribution in [3.05, 3.63) is 59.9 Å². The van der Waals surface area contributed by atoms with E-state index in [2.05, 4.69) is 6.07 Å². The third-order valence-electron chi connectivity index (χ3n) is 2.18. The van der Waals surface area contributed by atoms with Gasteiger partial charge in [0.25, 0.3) is 0 Å². The predicted molar refractivity (Wildman–Crippen MR) is 56.6 cm³/mol. The largest absolute Gasteiger partial charge is 0.392 e. The summed E-state index contributed by atoms with van der Waals surface area (Å²) in [6, 6.07) is 14.6. The van der Waals surface area contributed by atoms with Crippen molar-refractivity contribution in [2.45, 2.75) is 6.61 Å². The molecule has 0 saturated carbocycles. The third kappa shape index (κ3) is 2.22. The summed E-state index contributed by atoms with van der Waals surface area (Å²) in [6.07, 6.45) is 0. The maximum absolute atomic E-state index is 13.0. The van der Waals surface area contributed by atoms with Gasteiger partial charge < -0.3 is 5.11 Å². The first kappa shape index (κ1) is 9.87. The highest BCUT2D eigenvalue weighted by atomic mass is 19.1. The second-order valence-corrected chi connectivity index (χ2v) is 3.28. The van der Waals surface area contributed by atoms with E-state index in [0.717, 1.165) is 16.7 Å². The Balaban J connectivity index is 2.44. The van der Waals surface area contributed by atoms with Crippen molar-refractivity contribution >= 4 is 0 Å². The second-order valence-electron chi connectivity index (χ2n) is 3.28. The van der Waals surface area contributed by atoms with Crippen LogP contribution >= 0.6 is 0 Å². The van der Waals surface area contributed by atoms with Crippen LogP contribution in [0, 0.1) is 11.9 Å². The first-order valence-electron chi connectivity index (χ1n) is 4.67. The van der Waals surface area contributed by atoms with Gasteiger partial charge in [-0.3, -0.25) is 0 Å². The van der Waals surface area contributed by atoms with E-state index in [4.69, 9.17) is 5.11 Å². The number of halogens is 1. The Kier molecular flexibility index (Phi) is 2.79. The minimum atomic E-state index is -0.268. The van der Waals surface area contributed by atoms with Crippen LogP contribution in [0.2, 0.25) is 0 Å². The standard InChI is InChI=1S/C13H10FO/c14-13-6-2-5-12(8-13)11-4-1-3-10(7-11)9-15/h1-3,5-8,15H,9H2. The van der Waals surface area contributed by atoms with E-state index < -0.39 is 0 Å². The lowest BCUT2D eigenvalue weighted by atomic mass is 10.0. The van der Waals surface area contributed by atoms with Gasteiger partial charge in [-0.1, -0.05) is 24.3 Å². The fourth-order valence-electron chi connectivity index (χ4n) is 1.43. The van der Waals surface area contributed by atoms with Gasteiger partial charge in [-0.15, -0.1) is 0 Å². The highest BCUT2D eigenvalue weighted by Gasteiger charge is 2.00. The summed E-state index contributed by atoms with van der Waals surface area (Å²) in [5, 5.41) is 8.98. The lowest BCUT2D eigenvalue weighted by Gasteiger charge is -2.03. The van der Waals surface area contributed by atoms with Crippen LogP contribution in [0.1, 0.15) is 5.56 Å². The van der Waals surface area contributed by atoms with Gasteiger partial charge in [0.1, 0.15) is 5.82 Å². The number of hydrogen-bond donors (Lipinski definition) is 1.